The van der Waals surface area contributed by atoms with Crippen LogP contribution in [0.25, 0.3) is 0 Å². The van der Waals surface area contributed by atoms with Gasteiger partial charge in [0.25, 0.3) is 5.91 Å². The zero-order chi connectivity index (χ0) is 15.3. The summed E-state index contributed by atoms with van der Waals surface area (Å²) in [5.74, 6) is -0.124. The number of carbonyl (C=O) groups is 1. The van der Waals surface area contributed by atoms with Gasteiger partial charge < -0.3 is 9.64 Å². The van der Waals surface area contributed by atoms with E-state index in [-0.39, 0.29) is 18.1 Å². The van der Waals surface area contributed by atoms with Crippen molar-refractivity contribution in [2.45, 2.75) is 18.8 Å². The Hall–Kier alpha value is -1.63. The second kappa shape index (κ2) is 5.22. The lowest BCUT2D eigenvalue weighted by atomic mass is 10.2. The van der Waals surface area contributed by atoms with Crippen molar-refractivity contribution in [1.82, 2.24) is 19.9 Å². The molecule has 0 spiro atoms. The fourth-order valence-electron chi connectivity index (χ4n) is 2.99. The van der Waals surface area contributed by atoms with Crippen LogP contribution in [0.3, 0.4) is 0 Å². The number of amides is 1. The number of rotatable bonds is 1. The molecule has 1 aromatic carbocycles. The number of ether oxygens (including phenoxy) is 1. The third-order valence-corrected chi connectivity index (χ3v) is 4.64. The lowest BCUT2D eigenvalue weighted by Gasteiger charge is -2.25. The summed E-state index contributed by atoms with van der Waals surface area (Å²) < 4.78 is 7.66. The van der Waals surface area contributed by atoms with Crippen LogP contribution in [0.2, 0.25) is 10.0 Å². The number of fused-ring (bicyclic) bond motifs is 3. The molecule has 2 atom stereocenters. The van der Waals surface area contributed by atoms with Crippen molar-refractivity contribution < 1.29 is 9.53 Å². The summed E-state index contributed by atoms with van der Waals surface area (Å²) in [7, 11) is 0. The Morgan fingerprint density at radius 1 is 1.32 bits per heavy atom. The van der Waals surface area contributed by atoms with E-state index in [1.807, 2.05) is 4.68 Å². The molecule has 0 N–H and O–H groups in total. The van der Waals surface area contributed by atoms with E-state index in [0.29, 0.717) is 35.3 Å². The van der Waals surface area contributed by atoms with Gasteiger partial charge in [0.2, 0.25) is 0 Å². The second-order valence-electron chi connectivity index (χ2n) is 5.42. The Morgan fingerprint density at radius 2 is 2.18 bits per heavy atom. The maximum atomic E-state index is 12.7. The molecule has 1 saturated heterocycles. The summed E-state index contributed by atoms with van der Waals surface area (Å²) in [6.45, 7) is 1.51. The monoisotopic (exact) mass is 338 g/mol. The van der Waals surface area contributed by atoms with E-state index < -0.39 is 0 Å². The molecule has 1 fully saturated rings. The number of benzene rings is 1. The van der Waals surface area contributed by atoms with Gasteiger partial charge in [-0.25, -0.2) is 4.68 Å². The van der Waals surface area contributed by atoms with Gasteiger partial charge in [0.1, 0.15) is 0 Å². The third-order valence-electron chi connectivity index (χ3n) is 4.09. The molecule has 3 heterocycles. The minimum Gasteiger partial charge on any atom is -0.368 e. The molecule has 22 heavy (non-hydrogen) atoms. The van der Waals surface area contributed by atoms with Crippen LogP contribution >= 0.6 is 23.2 Å². The highest BCUT2D eigenvalue weighted by Gasteiger charge is 2.41. The topological polar surface area (TPSA) is 60.3 Å². The Kier molecular flexibility index (Phi) is 3.32. The lowest BCUT2D eigenvalue weighted by Crippen LogP contribution is -2.32. The highest BCUT2D eigenvalue weighted by atomic mass is 35.5. The molecular weight excluding hydrogens is 327 g/mol. The van der Waals surface area contributed by atoms with E-state index >= 15 is 0 Å². The van der Waals surface area contributed by atoms with E-state index in [0.717, 1.165) is 5.69 Å². The number of hydrogen-bond donors (Lipinski definition) is 0. The standard InChI is InChI=1S/C14H12Cl2N4O2/c15-8-1-2-10(11(16)3-8)14(21)19-5-12-13(6-19)22-7-9-4-17-18-20(9)12/h1-4,12-13H,5-7H2/t12-,13-/m1/s1. The molecule has 114 valence electrons. The van der Waals surface area contributed by atoms with Crippen LogP contribution in [-0.2, 0) is 11.3 Å². The molecular formula is C14H12Cl2N4O2. The van der Waals surface area contributed by atoms with Crippen LogP contribution < -0.4 is 0 Å². The minimum atomic E-state index is -0.124. The van der Waals surface area contributed by atoms with Gasteiger partial charge in [0.15, 0.2) is 0 Å². The lowest BCUT2D eigenvalue weighted by molar-refractivity contribution is -0.00488. The average molecular weight is 339 g/mol. The summed E-state index contributed by atoms with van der Waals surface area (Å²) in [6.07, 6.45) is 1.63. The summed E-state index contributed by atoms with van der Waals surface area (Å²) >= 11 is 12.0. The van der Waals surface area contributed by atoms with Gasteiger partial charge in [-0.2, -0.15) is 0 Å². The molecule has 2 aliphatic rings. The summed E-state index contributed by atoms with van der Waals surface area (Å²) in [4.78, 5) is 14.4. The van der Waals surface area contributed by atoms with Crippen LogP contribution in [0.4, 0.5) is 0 Å². The van der Waals surface area contributed by atoms with Crippen molar-refractivity contribution in [2.24, 2.45) is 0 Å². The van der Waals surface area contributed by atoms with E-state index in [4.69, 9.17) is 27.9 Å². The summed E-state index contributed by atoms with van der Waals surface area (Å²) in [5, 5.41) is 8.87. The van der Waals surface area contributed by atoms with E-state index in [9.17, 15) is 4.79 Å². The van der Waals surface area contributed by atoms with Gasteiger partial charge in [0.05, 0.1) is 41.2 Å². The zero-order valence-corrected chi connectivity index (χ0v) is 13.0. The van der Waals surface area contributed by atoms with Crippen molar-refractivity contribution in [2.75, 3.05) is 13.1 Å². The fraction of sp³-hybridized carbons (Fsp3) is 0.357. The molecule has 0 unspecified atom stereocenters. The summed E-state index contributed by atoms with van der Waals surface area (Å²) in [5.41, 5.74) is 1.38. The van der Waals surface area contributed by atoms with E-state index in [1.54, 1.807) is 29.3 Å². The first kappa shape index (κ1) is 14.0. The molecule has 1 amide bonds. The predicted molar refractivity (Wildman–Crippen MR) is 80.0 cm³/mol. The molecule has 0 radical (unpaired) electrons. The SMILES string of the molecule is O=C(c1ccc(Cl)cc1Cl)N1C[C@@H]2[C@@H](C1)OCc1cnnn12. The highest BCUT2D eigenvalue weighted by Crippen LogP contribution is 2.32. The van der Waals surface area contributed by atoms with Crippen molar-refractivity contribution in [1.29, 1.82) is 0 Å². The molecule has 0 aliphatic carbocycles. The molecule has 0 saturated carbocycles. The van der Waals surface area contributed by atoms with Gasteiger partial charge in [-0.3, -0.25) is 4.79 Å². The van der Waals surface area contributed by atoms with Crippen molar-refractivity contribution >= 4 is 29.1 Å². The van der Waals surface area contributed by atoms with E-state index in [1.165, 1.54) is 0 Å². The Balaban J connectivity index is 1.59. The maximum Gasteiger partial charge on any atom is 0.255 e. The van der Waals surface area contributed by atoms with Gasteiger partial charge in [0, 0.05) is 18.1 Å². The number of likely N-dealkylation sites (tertiary alicyclic amines) is 1. The van der Waals surface area contributed by atoms with Gasteiger partial charge in [-0.05, 0) is 18.2 Å². The number of nitrogens with zero attached hydrogens (tertiary/aromatic N) is 4. The van der Waals surface area contributed by atoms with Crippen molar-refractivity contribution in [3.05, 3.63) is 45.7 Å². The van der Waals surface area contributed by atoms with Gasteiger partial charge in [-0.1, -0.05) is 28.4 Å². The molecule has 6 nitrogen and oxygen atoms in total. The molecule has 4 rings (SSSR count). The quantitative estimate of drug-likeness (QED) is 0.799. The molecule has 8 heteroatoms. The highest BCUT2D eigenvalue weighted by molar-refractivity contribution is 6.36. The first-order valence-corrected chi connectivity index (χ1v) is 7.64. The second-order valence-corrected chi connectivity index (χ2v) is 6.26. The van der Waals surface area contributed by atoms with Crippen molar-refractivity contribution in [3.8, 4) is 0 Å². The van der Waals surface area contributed by atoms with Gasteiger partial charge in [-0.15, -0.1) is 5.10 Å². The fourth-order valence-corrected chi connectivity index (χ4v) is 3.48. The first-order valence-electron chi connectivity index (χ1n) is 6.88. The van der Waals surface area contributed by atoms with Gasteiger partial charge >= 0.3 is 0 Å². The number of carbonyl (C=O) groups excluding carboxylic acids is 1. The molecule has 2 aromatic rings. The zero-order valence-electron chi connectivity index (χ0n) is 11.4. The first-order chi connectivity index (χ1) is 10.6. The largest absolute Gasteiger partial charge is 0.368 e. The van der Waals surface area contributed by atoms with Crippen LogP contribution in [0.15, 0.2) is 24.4 Å². The number of hydrogen-bond acceptors (Lipinski definition) is 4. The maximum absolute atomic E-state index is 12.7. The van der Waals surface area contributed by atoms with Crippen LogP contribution in [-0.4, -0.2) is 45.0 Å². The molecule has 0 bridgehead atoms. The van der Waals surface area contributed by atoms with E-state index in [2.05, 4.69) is 10.3 Å². The predicted octanol–water partition coefficient (Wildman–Crippen LogP) is 2.18. The third kappa shape index (κ3) is 2.18. The Bertz CT molecular complexity index is 748. The average Bonchev–Trinajstić information content (AvgIpc) is 3.12. The Labute approximate surface area is 136 Å². The molecule has 1 aromatic heterocycles. The number of halogens is 2. The van der Waals surface area contributed by atoms with Crippen LogP contribution in [0.5, 0.6) is 0 Å². The minimum absolute atomic E-state index is 0.00118. The molecule has 2 aliphatic heterocycles. The normalized spacial score (nSPS) is 23.3. The smallest absolute Gasteiger partial charge is 0.255 e. The number of aromatic nitrogens is 3. The van der Waals surface area contributed by atoms with Crippen LogP contribution in [0, 0.1) is 0 Å². The van der Waals surface area contributed by atoms with Crippen LogP contribution in [0.1, 0.15) is 22.1 Å². The summed E-state index contributed by atoms with van der Waals surface area (Å²) in [6, 6.07) is 4.89. The Morgan fingerprint density at radius 3 is 3.00 bits per heavy atom. The van der Waals surface area contributed by atoms with Crippen molar-refractivity contribution in [3.63, 3.8) is 0 Å².